The Labute approximate surface area is 170 Å². The lowest BCUT2D eigenvalue weighted by Crippen LogP contribution is -2.07. The predicted molar refractivity (Wildman–Crippen MR) is 105 cm³/mol. The van der Waals surface area contributed by atoms with Crippen LogP contribution in [0.5, 0.6) is 11.5 Å². The number of nitrogens with zero attached hydrogens (tertiary/aromatic N) is 3. The molecule has 0 atom stereocenters. The highest BCUT2D eigenvalue weighted by molar-refractivity contribution is 6.30. The van der Waals surface area contributed by atoms with E-state index in [1.165, 1.54) is 0 Å². The molecule has 4 rings (SSSR count). The van der Waals surface area contributed by atoms with E-state index in [0.717, 1.165) is 0 Å². The van der Waals surface area contributed by atoms with E-state index in [1.54, 1.807) is 73.1 Å². The number of ether oxygens (including phenoxy) is 2. The molecule has 144 valence electrons. The third-order valence-corrected chi connectivity index (χ3v) is 4.08. The Morgan fingerprint density at radius 1 is 1.07 bits per heavy atom. The molecule has 0 fully saturated rings. The number of hydrogen-bond acceptors (Lipinski definition) is 7. The number of rotatable bonds is 6. The molecule has 0 N–H and O–H groups in total. The fraction of sp³-hybridized carbons (Fsp3) is 0.0476. The first kappa shape index (κ1) is 18.6. The van der Waals surface area contributed by atoms with Crippen molar-refractivity contribution in [2.45, 2.75) is 6.61 Å². The van der Waals surface area contributed by atoms with Gasteiger partial charge in [0.25, 0.3) is 5.89 Å². The molecule has 7 nitrogen and oxygen atoms in total. The van der Waals surface area contributed by atoms with Crippen molar-refractivity contribution in [1.29, 1.82) is 0 Å². The van der Waals surface area contributed by atoms with E-state index in [1.807, 2.05) is 0 Å². The molecule has 0 unspecified atom stereocenters. The Bertz CT molecular complexity index is 1130. The monoisotopic (exact) mass is 407 g/mol. The van der Waals surface area contributed by atoms with Crippen LogP contribution in [0.4, 0.5) is 0 Å². The first-order valence-corrected chi connectivity index (χ1v) is 8.99. The highest BCUT2D eigenvalue weighted by Crippen LogP contribution is 2.25. The second kappa shape index (κ2) is 8.53. The number of carbonyl (C=O) groups excluding carboxylic acids is 1. The summed E-state index contributed by atoms with van der Waals surface area (Å²) in [5, 5.41) is 4.44. The average molecular weight is 408 g/mol. The normalized spacial score (nSPS) is 10.5. The maximum absolute atomic E-state index is 12.5. The summed E-state index contributed by atoms with van der Waals surface area (Å²) in [6, 6.07) is 17.3. The van der Waals surface area contributed by atoms with Gasteiger partial charge < -0.3 is 14.0 Å². The van der Waals surface area contributed by atoms with E-state index in [4.69, 9.17) is 25.6 Å². The molecule has 0 radical (unpaired) electrons. The Hall–Kier alpha value is -3.71. The van der Waals surface area contributed by atoms with Crippen LogP contribution < -0.4 is 4.74 Å². The Morgan fingerprint density at radius 2 is 1.97 bits per heavy atom. The van der Waals surface area contributed by atoms with Crippen LogP contribution in [0.25, 0.3) is 11.4 Å². The summed E-state index contributed by atoms with van der Waals surface area (Å²) in [5.41, 5.74) is 0.972. The minimum atomic E-state index is -0.577. The van der Waals surface area contributed by atoms with Gasteiger partial charge in [-0.2, -0.15) is 4.98 Å². The standard InChI is InChI=1S/C21H14ClN3O4/c22-15-6-3-5-14(11-15)20-24-19(29-25-20)13-27-21(26)17-8-1-2-9-18(17)28-16-7-4-10-23-12-16/h1-12H,13H2. The van der Waals surface area contributed by atoms with Gasteiger partial charge >= 0.3 is 5.97 Å². The first-order chi connectivity index (χ1) is 14.2. The van der Waals surface area contributed by atoms with Gasteiger partial charge in [-0.25, -0.2) is 4.79 Å². The molecule has 0 aliphatic carbocycles. The van der Waals surface area contributed by atoms with E-state index in [2.05, 4.69) is 15.1 Å². The van der Waals surface area contributed by atoms with E-state index in [-0.39, 0.29) is 18.1 Å². The van der Waals surface area contributed by atoms with Crippen LogP contribution in [-0.2, 0) is 11.3 Å². The second-order valence-corrected chi connectivity index (χ2v) is 6.32. The molecule has 29 heavy (non-hydrogen) atoms. The van der Waals surface area contributed by atoms with Crippen LogP contribution in [-0.4, -0.2) is 21.1 Å². The lowest BCUT2D eigenvalue weighted by molar-refractivity contribution is 0.0427. The first-order valence-electron chi connectivity index (χ1n) is 8.61. The second-order valence-electron chi connectivity index (χ2n) is 5.89. The van der Waals surface area contributed by atoms with Crippen molar-refractivity contribution < 1.29 is 18.8 Å². The largest absolute Gasteiger partial charge is 0.455 e. The number of aromatic nitrogens is 3. The number of pyridine rings is 1. The molecule has 8 heteroatoms. The summed E-state index contributed by atoms with van der Waals surface area (Å²) in [5.74, 6) is 0.816. The topological polar surface area (TPSA) is 87.3 Å². The van der Waals surface area contributed by atoms with Crippen molar-refractivity contribution >= 4 is 17.6 Å². The third kappa shape index (κ3) is 4.59. The van der Waals surface area contributed by atoms with Crippen molar-refractivity contribution in [2.75, 3.05) is 0 Å². The number of benzene rings is 2. The van der Waals surface area contributed by atoms with Crippen LogP contribution in [0, 0.1) is 0 Å². The van der Waals surface area contributed by atoms with Gasteiger partial charge in [-0.3, -0.25) is 4.98 Å². The number of halogens is 1. The smallest absolute Gasteiger partial charge is 0.342 e. The molecule has 0 saturated heterocycles. The predicted octanol–water partition coefficient (Wildman–Crippen LogP) is 4.93. The summed E-state index contributed by atoms with van der Waals surface area (Å²) in [7, 11) is 0. The van der Waals surface area contributed by atoms with Crippen molar-refractivity contribution in [3.63, 3.8) is 0 Å². The molecule has 4 aromatic rings. The maximum atomic E-state index is 12.5. The molecule has 0 aliphatic heterocycles. The fourth-order valence-corrected chi connectivity index (χ4v) is 2.71. The molecule has 0 amide bonds. The molecule has 2 heterocycles. The van der Waals surface area contributed by atoms with Gasteiger partial charge in [0.05, 0.1) is 6.20 Å². The third-order valence-electron chi connectivity index (χ3n) is 3.85. The minimum Gasteiger partial charge on any atom is -0.455 e. The zero-order chi connectivity index (χ0) is 20.1. The number of carbonyl (C=O) groups is 1. The number of hydrogen-bond donors (Lipinski definition) is 0. The van der Waals surface area contributed by atoms with Gasteiger partial charge in [-0.1, -0.05) is 41.0 Å². The van der Waals surface area contributed by atoms with Crippen LogP contribution in [0.1, 0.15) is 16.2 Å². The SMILES string of the molecule is O=C(OCc1nc(-c2cccc(Cl)c2)no1)c1ccccc1Oc1cccnc1. The molecule has 0 saturated carbocycles. The lowest BCUT2D eigenvalue weighted by Gasteiger charge is -2.09. The van der Waals surface area contributed by atoms with Crippen LogP contribution >= 0.6 is 11.6 Å². The molecular weight excluding hydrogens is 394 g/mol. The van der Waals surface area contributed by atoms with Gasteiger partial charge in [0, 0.05) is 16.8 Å². The highest BCUT2D eigenvalue weighted by atomic mass is 35.5. The van der Waals surface area contributed by atoms with Crippen molar-refractivity contribution in [1.82, 2.24) is 15.1 Å². The molecule has 2 aromatic heterocycles. The van der Waals surface area contributed by atoms with Gasteiger partial charge in [-0.15, -0.1) is 0 Å². The van der Waals surface area contributed by atoms with Gasteiger partial charge in [0.2, 0.25) is 5.82 Å². The number of esters is 1. The van der Waals surface area contributed by atoms with E-state index >= 15 is 0 Å². The number of para-hydroxylation sites is 1. The van der Waals surface area contributed by atoms with Crippen LogP contribution in [0.3, 0.4) is 0 Å². The van der Waals surface area contributed by atoms with Gasteiger partial charge in [0.1, 0.15) is 17.1 Å². The highest BCUT2D eigenvalue weighted by Gasteiger charge is 2.17. The van der Waals surface area contributed by atoms with Crippen LogP contribution in [0.2, 0.25) is 5.02 Å². The zero-order valence-electron chi connectivity index (χ0n) is 15.0. The zero-order valence-corrected chi connectivity index (χ0v) is 15.7. The maximum Gasteiger partial charge on any atom is 0.342 e. The lowest BCUT2D eigenvalue weighted by atomic mass is 10.2. The average Bonchev–Trinajstić information content (AvgIpc) is 3.22. The van der Waals surface area contributed by atoms with Crippen molar-refractivity contribution in [3.8, 4) is 22.9 Å². The van der Waals surface area contributed by atoms with Crippen LogP contribution in [0.15, 0.2) is 77.6 Å². The molecule has 0 spiro atoms. The summed E-state index contributed by atoms with van der Waals surface area (Å²) < 4.78 is 16.2. The molecule has 0 aliphatic rings. The van der Waals surface area contributed by atoms with E-state index < -0.39 is 5.97 Å². The van der Waals surface area contributed by atoms with Crippen molar-refractivity contribution in [2.24, 2.45) is 0 Å². The Kier molecular flexibility index (Phi) is 5.49. The van der Waals surface area contributed by atoms with Gasteiger partial charge in [-0.05, 0) is 36.4 Å². The van der Waals surface area contributed by atoms with E-state index in [0.29, 0.717) is 27.9 Å². The molecular formula is C21H14ClN3O4. The van der Waals surface area contributed by atoms with Gasteiger partial charge in [0.15, 0.2) is 6.61 Å². The fourth-order valence-electron chi connectivity index (χ4n) is 2.52. The summed E-state index contributed by atoms with van der Waals surface area (Å²) in [6.45, 7) is -0.173. The Balaban J connectivity index is 1.44. The van der Waals surface area contributed by atoms with Crippen molar-refractivity contribution in [3.05, 3.63) is 89.5 Å². The molecule has 2 aromatic carbocycles. The molecule has 0 bridgehead atoms. The quantitative estimate of drug-likeness (QED) is 0.418. The summed E-state index contributed by atoms with van der Waals surface area (Å²) >= 11 is 5.97. The summed E-state index contributed by atoms with van der Waals surface area (Å²) in [4.78, 5) is 20.7. The Morgan fingerprint density at radius 3 is 2.79 bits per heavy atom. The minimum absolute atomic E-state index is 0.166. The van der Waals surface area contributed by atoms with E-state index in [9.17, 15) is 4.79 Å². The summed E-state index contributed by atoms with van der Waals surface area (Å²) in [6.07, 6.45) is 3.19.